The second kappa shape index (κ2) is 6.07. The van der Waals surface area contributed by atoms with Crippen LogP contribution in [-0.2, 0) is 4.79 Å². The topological polar surface area (TPSA) is 52.6 Å². The minimum Gasteiger partial charge on any atom is -0.390 e. The molecular formula is C16H21BrN2O2. The third kappa shape index (κ3) is 3.00. The molecule has 0 spiro atoms. The van der Waals surface area contributed by atoms with Crippen molar-refractivity contribution in [2.45, 2.75) is 38.0 Å². The monoisotopic (exact) mass is 352 g/mol. The average molecular weight is 353 g/mol. The first-order valence-electron chi connectivity index (χ1n) is 7.53. The molecule has 1 aromatic carbocycles. The third-order valence-corrected chi connectivity index (χ3v) is 5.17. The molecule has 4 nitrogen and oxygen atoms in total. The zero-order chi connectivity index (χ0) is 15.0. The Balaban J connectivity index is 1.95. The fraction of sp³-hybridized carbons (Fsp3) is 0.562. The number of piperidine rings is 1. The summed E-state index contributed by atoms with van der Waals surface area (Å²) in [5.74, 6) is 0.529. The lowest BCUT2D eigenvalue weighted by Gasteiger charge is -2.44. The zero-order valence-corrected chi connectivity index (χ0v) is 13.7. The quantitative estimate of drug-likeness (QED) is 0.813. The van der Waals surface area contributed by atoms with Gasteiger partial charge in [-0.1, -0.05) is 35.0 Å². The Morgan fingerprint density at radius 3 is 2.71 bits per heavy atom. The Morgan fingerprint density at radius 2 is 2.00 bits per heavy atom. The molecule has 0 saturated carbocycles. The van der Waals surface area contributed by atoms with E-state index in [4.69, 9.17) is 0 Å². The van der Waals surface area contributed by atoms with Crippen molar-refractivity contribution >= 4 is 21.8 Å². The summed E-state index contributed by atoms with van der Waals surface area (Å²) in [6.45, 7) is 3.14. The number of amides is 1. The lowest BCUT2D eigenvalue weighted by Crippen LogP contribution is -2.51. The van der Waals surface area contributed by atoms with Gasteiger partial charge in [0, 0.05) is 23.6 Å². The minimum atomic E-state index is -0.498. The molecule has 2 fully saturated rings. The molecule has 21 heavy (non-hydrogen) atoms. The molecule has 2 saturated heterocycles. The van der Waals surface area contributed by atoms with Gasteiger partial charge < -0.3 is 10.4 Å². The number of β-amino-alcohol motifs (C(OH)–C–C–N with tert-alkyl or cyclic N) is 1. The van der Waals surface area contributed by atoms with Gasteiger partial charge in [0.2, 0.25) is 5.91 Å². The van der Waals surface area contributed by atoms with Crippen molar-refractivity contribution in [3.63, 3.8) is 0 Å². The Bertz CT molecular complexity index is 520. The molecule has 2 aliphatic heterocycles. The Morgan fingerprint density at radius 1 is 1.29 bits per heavy atom. The molecule has 1 aromatic rings. The number of carbonyl (C=O) groups excluding carboxylic acids is 1. The number of benzene rings is 1. The predicted molar refractivity (Wildman–Crippen MR) is 84.8 cm³/mol. The number of carbonyl (C=O) groups is 1. The predicted octanol–water partition coefficient (Wildman–Crippen LogP) is 2.08. The molecule has 0 aliphatic carbocycles. The van der Waals surface area contributed by atoms with Gasteiger partial charge >= 0.3 is 0 Å². The van der Waals surface area contributed by atoms with E-state index in [-0.39, 0.29) is 18.0 Å². The van der Waals surface area contributed by atoms with Gasteiger partial charge in [-0.25, -0.2) is 0 Å². The van der Waals surface area contributed by atoms with Crippen LogP contribution in [0.3, 0.4) is 0 Å². The highest BCUT2D eigenvalue weighted by molar-refractivity contribution is 9.10. The van der Waals surface area contributed by atoms with Crippen molar-refractivity contribution in [3.8, 4) is 0 Å². The Kier molecular flexibility index (Phi) is 4.33. The Labute approximate surface area is 133 Å². The first-order valence-corrected chi connectivity index (χ1v) is 8.32. The number of halogens is 1. The molecule has 3 rings (SSSR count). The molecule has 2 N–H and O–H groups in total. The van der Waals surface area contributed by atoms with Crippen LogP contribution in [0.15, 0.2) is 28.7 Å². The SMILES string of the molecule is C[C@H]1CC[C@H]2C(=O)NC[C@H](O)CN2[C@H]1c1ccc(Br)cc1. The van der Waals surface area contributed by atoms with Gasteiger partial charge in [0.25, 0.3) is 0 Å². The summed E-state index contributed by atoms with van der Waals surface area (Å²) in [5, 5.41) is 12.9. The van der Waals surface area contributed by atoms with Gasteiger partial charge in [0.05, 0.1) is 12.1 Å². The van der Waals surface area contributed by atoms with E-state index >= 15 is 0 Å². The minimum absolute atomic E-state index is 0.0561. The van der Waals surface area contributed by atoms with Crippen LogP contribution in [0.2, 0.25) is 0 Å². The number of aliphatic hydroxyl groups excluding tert-OH is 1. The molecule has 0 unspecified atom stereocenters. The number of aliphatic hydroxyl groups is 1. The van der Waals surface area contributed by atoms with Crippen molar-refractivity contribution in [2.24, 2.45) is 5.92 Å². The van der Waals surface area contributed by atoms with Crippen molar-refractivity contribution in [2.75, 3.05) is 13.1 Å². The van der Waals surface area contributed by atoms with E-state index < -0.39 is 6.10 Å². The molecule has 0 bridgehead atoms. The fourth-order valence-corrected chi connectivity index (χ4v) is 3.88. The van der Waals surface area contributed by atoms with E-state index in [0.717, 1.165) is 17.3 Å². The second-order valence-corrected chi connectivity index (χ2v) is 7.08. The van der Waals surface area contributed by atoms with E-state index in [1.165, 1.54) is 5.56 Å². The standard InChI is InChI=1S/C16H21BrN2O2/c1-10-2-7-14-16(21)18-8-13(20)9-19(14)15(10)11-3-5-12(17)6-4-11/h3-6,10,13-15,20H,2,7-9H2,1H3,(H,18,21)/t10-,13-,14-,15+/m0/s1. The van der Waals surface area contributed by atoms with Gasteiger partial charge in [-0.2, -0.15) is 0 Å². The van der Waals surface area contributed by atoms with Gasteiger partial charge in [0.1, 0.15) is 0 Å². The van der Waals surface area contributed by atoms with Gasteiger partial charge in [-0.15, -0.1) is 0 Å². The number of nitrogens with zero attached hydrogens (tertiary/aromatic N) is 1. The highest BCUT2D eigenvalue weighted by Gasteiger charge is 2.41. The number of rotatable bonds is 1. The summed E-state index contributed by atoms with van der Waals surface area (Å²) in [7, 11) is 0. The molecule has 2 aliphatic rings. The summed E-state index contributed by atoms with van der Waals surface area (Å²) in [6, 6.07) is 8.38. The summed E-state index contributed by atoms with van der Waals surface area (Å²) in [6.07, 6.45) is 1.40. The van der Waals surface area contributed by atoms with Crippen molar-refractivity contribution in [1.82, 2.24) is 10.2 Å². The van der Waals surface area contributed by atoms with Gasteiger partial charge in [0.15, 0.2) is 0 Å². The lowest BCUT2D eigenvalue weighted by molar-refractivity contribution is -0.128. The largest absolute Gasteiger partial charge is 0.390 e. The van der Waals surface area contributed by atoms with Crippen LogP contribution in [0, 0.1) is 5.92 Å². The first kappa shape index (κ1) is 15.0. The summed E-state index contributed by atoms with van der Waals surface area (Å²) in [5.41, 5.74) is 1.22. The third-order valence-electron chi connectivity index (χ3n) is 4.64. The lowest BCUT2D eigenvalue weighted by atomic mass is 9.82. The normalized spacial score (nSPS) is 34.0. The number of hydrogen-bond acceptors (Lipinski definition) is 3. The molecule has 5 heteroatoms. The maximum absolute atomic E-state index is 12.3. The highest BCUT2D eigenvalue weighted by atomic mass is 79.9. The first-order chi connectivity index (χ1) is 10.1. The summed E-state index contributed by atoms with van der Waals surface area (Å²) in [4.78, 5) is 14.5. The van der Waals surface area contributed by atoms with Crippen LogP contribution in [-0.4, -0.2) is 41.1 Å². The molecule has 4 atom stereocenters. The molecule has 114 valence electrons. The van der Waals surface area contributed by atoms with Crippen LogP contribution in [0.5, 0.6) is 0 Å². The average Bonchev–Trinajstić information content (AvgIpc) is 2.60. The number of hydrogen-bond donors (Lipinski definition) is 2. The van der Waals surface area contributed by atoms with E-state index in [1.807, 2.05) is 12.1 Å². The van der Waals surface area contributed by atoms with Crippen LogP contribution in [0.25, 0.3) is 0 Å². The van der Waals surface area contributed by atoms with Crippen LogP contribution >= 0.6 is 15.9 Å². The van der Waals surface area contributed by atoms with E-state index in [0.29, 0.717) is 19.0 Å². The van der Waals surface area contributed by atoms with E-state index in [1.54, 1.807) is 0 Å². The van der Waals surface area contributed by atoms with Crippen LogP contribution in [0.1, 0.15) is 31.4 Å². The van der Waals surface area contributed by atoms with Crippen molar-refractivity contribution < 1.29 is 9.90 Å². The fourth-order valence-electron chi connectivity index (χ4n) is 3.61. The second-order valence-electron chi connectivity index (χ2n) is 6.16. The molecule has 0 radical (unpaired) electrons. The number of fused-ring (bicyclic) bond motifs is 1. The van der Waals surface area contributed by atoms with Gasteiger partial charge in [-0.05, 0) is 36.5 Å². The van der Waals surface area contributed by atoms with Crippen LogP contribution in [0.4, 0.5) is 0 Å². The van der Waals surface area contributed by atoms with Crippen LogP contribution < -0.4 is 5.32 Å². The number of nitrogens with one attached hydrogen (secondary N) is 1. The van der Waals surface area contributed by atoms with Crippen molar-refractivity contribution in [1.29, 1.82) is 0 Å². The molecule has 2 heterocycles. The van der Waals surface area contributed by atoms with E-state index in [9.17, 15) is 9.90 Å². The maximum atomic E-state index is 12.3. The summed E-state index contributed by atoms with van der Waals surface area (Å²) < 4.78 is 1.06. The maximum Gasteiger partial charge on any atom is 0.237 e. The van der Waals surface area contributed by atoms with Gasteiger partial charge in [-0.3, -0.25) is 9.69 Å². The molecule has 1 amide bonds. The smallest absolute Gasteiger partial charge is 0.237 e. The molecular weight excluding hydrogens is 332 g/mol. The zero-order valence-electron chi connectivity index (χ0n) is 12.1. The Hall–Kier alpha value is -0.910. The summed E-state index contributed by atoms with van der Waals surface area (Å²) >= 11 is 3.47. The highest BCUT2D eigenvalue weighted by Crippen LogP contribution is 2.39. The van der Waals surface area contributed by atoms with Crippen molar-refractivity contribution in [3.05, 3.63) is 34.3 Å². The molecule has 0 aromatic heterocycles. The van der Waals surface area contributed by atoms with E-state index in [2.05, 4.69) is 45.2 Å².